The Kier molecular flexibility index (Phi) is 4.47. The average molecular weight is 369 g/mol. The highest BCUT2D eigenvalue weighted by Gasteiger charge is 2.58. The van der Waals surface area contributed by atoms with Crippen LogP contribution in [0, 0.1) is 0 Å². The Balaban J connectivity index is 2.32. The van der Waals surface area contributed by atoms with Crippen molar-refractivity contribution in [3.8, 4) is 0 Å². The highest BCUT2D eigenvalue weighted by atomic mass is 35.5. The highest BCUT2D eigenvalue weighted by Crippen LogP contribution is 2.53. The molecule has 0 bridgehead atoms. The predicted octanol–water partition coefficient (Wildman–Crippen LogP) is 4.85. The fourth-order valence-corrected chi connectivity index (χ4v) is 3.36. The van der Waals surface area contributed by atoms with Gasteiger partial charge in [-0.15, -0.1) is 0 Å². The molecular weight excluding hydrogens is 350 g/mol. The van der Waals surface area contributed by atoms with Crippen LogP contribution in [0.3, 0.4) is 0 Å². The van der Waals surface area contributed by atoms with Crippen LogP contribution in [-0.2, 0) is 10.2 Å². The topological polar surface area (TPSA) is 45.1 Å². The number of rotatable bonds is 4. The third-order valence-corrected chi connectivity index (χ3v) is 4.67. The van der Waals surface area contributed by atoms with Gasteiger partial charge >= 0.3 is 0 Å². The number of hydroxylamine groups is 2. The third kappa shape index (κ3) is 2.88. The molecule has 0 saturated heterocycles. The number of aliphatic imine (C=N–C) groups is 1. The lowest BCUT2D eigenvalue weighted by atomic mass is 9.67. The first-order chi connectivity index (χ1) is 11.7. The molecule has 25 heavy (non-hydrogen) atoms. The van der Waals surface area contributed by atoms with E-state index in [-0.39, 0.29) is 29.7 Å². The molecule has 1 atom stereocenters. The van der Waals surface area contributed by atoms with E-state index in [1.807, 2.05) is 0 Å². The zero-order valence-electron chi connectivity index (χ0n) is 14.1. The molecule has 1 aromatic rings. The Labute approximate surface area is 150 Å². The molecule has 3 rings (SSSR count). The molecule has 2 heterocycles. The fourth-order valence-electron chi connectivity index (χ4n) is 3.19. The first-order valence-corrected chi connectivity index (χ1v) is 8.30. The Bertz CT molecular complexity index is 784. The van der Waals surface area contributed by atoms with Gasteiger partial charge in [0.25, 0.3) is 5.92 Å². The molecule has 0 saturated carbocycles. The lowest BCUT2D eigenvalue weighted by Crippen LogP contribution is -2.54. The monoisotopic (exact) mass is 368 g/mol. The van der Waals surface area contributed by atoms with Crippen LogP contribution in [-0.4, -0.2) is 34.7 Å². The van der Waals surface area contributed by atoms with Crippen LogP contribution in [0.25, 0.3) is 0 Å². The van der Waals surface area contributed by atoms with E-state index in [4.69, 9.17) is 16.3 Å². The van der Waals surface area contributed by atoms with Crippen molar-refractivity contribution in [1.29, 1.82) is 0 Å². The molecule has 0 spiro atoms. The van der Waals surface area contributed by atoms with Gasteiger partial charge < -0.3 is 4.74 Å². The van der Waals surface area contributed by atoms with Gasteiger partial charge in [-0.05, 0) is 43.7 Å². The highest BCUT2D eigenvalue weighted by molar-refractivity contribution is 6.30. The summed E-state index contributed by atoms with van der Waals surface area (Å²) in [7, 11) is 0. The Morgan fingerprint density at radius 2 is 2.12 bits per heavy atom. The number of halogens is 3. The Hall–Kier alpha value is -1.76. The van der Waals surface area contributed by atoms with E-state index in [0.717, 1.165) is 12.0 Å². The maximum Gasteiger partial charge on any atom is 0.261 e. The van der Waals surface area contributed by atoms with Crippen LogP contribution in [0.2, 0.25) is 5.02 Å². The zero-order valence-corrected chi connectivity index (χ0v) is 14.9. The first-order valence-electron chi connectivity index (χ1n) is 7.92. The Morgan fingerprint density at radius 1 is 1.40 bits per heavy atom. The standard InChI is InChI=1S/C18H19ClF2N2O2/c1-11(2)25-10-18(17(3,20)21)13-5-4-8-23(24)16(13)22-15-7-6-12(19)9-14(15)18/h4-9,11,24H,10H2,1-3H3. The number of amidine groups is 1. The minimum absolute atomic E-state index is 0.0613. The molecule has 134 valence electrons. The van der Waals surface area contributed by atoms with Crippen molar-refractivity contribution < 1.29 is 18.7 Å². The minimum Gasteiger partial charge on any atom is -0.377 e. The number of nitrogens with zero attached hydrogens (tertiary/aromatic N) is 2. The molecule has 0 aromatic heterocycles. The summed E-state index contributed by atoms with van der Waals surface area (Å²) in [5, 5.41) is 11.2. The largest absolute Gasteiger partial charge is 0.377 e. The van der Waals surface area contributed by atoms with Crippen LogP contribution in [0.1, 0.15) is 26.3 Å². The van der Waals surface area contributed by atoms with Crippen LogP contribution in [0.5, 0.6) is 0 Å². The van der Waals surface area contributed by atoms with E-state index in [0.29, 0.717) is 10.7 Å². The van der Waals surface area contributed by atoms with Crippen molar-refractivity contribution in [3.05, 3.63) is 52.7 Å². The fraction of sp³-hybridized carbons (Fsp3) is 0.389. The van der Waals surface area contributed by atoms with Gasteiger partial charge in [0.15, 0.2) is 5.84 Å². The summed E-state index contributed by atoms with van der Waals surface area (Å²) >= 11 is 6.09. The number of allylic oxidation sites excluding steroid dienone is 2. The second-order valence-corrected chi connectivity index (χ2v) is 6.95. The van der Waals surface area contributed by atoms with Crippen molar-refractivity contribution in [2.75, 3.05) is 6.61 Å². The molecule has 1 N–H and O–H groups in total. The van der Waals surface area contributed by atoms with Crippen molar-refractivity contribution in [2.45, 2.75) is 38.2 Å². The van der Waals surface area contributed by atoms with Crippen molar-refractivity contribution >= 4 is 23.1 Å². The molecule has 0 radical (unpaired) electrons. The van der Waals surface area contributed by atoms with E-state index in [9.17, 15) is 5.21 Å². The van der Waals surface area contributed by atoms with Crippen LogP contribution in [0.15, 0.2) is 47.1 Å². The van der Waals surface area contributed by atoms with Gasteiger partial charge in [-0.1, -0.05) is 17.7 Å². The summed E-state index contributed by atoms with van der Waals surface area (Å²) in [5.74, 6) is -3.13. The van der Waals surface area contributed by atoms with E-state index >= 15 is 8.78 Å². The second kappa shape index (κ2) is 6.20. The first kappa shape index (κ1) is 18.0. The molecule has 0 amide bonds. The molecule has 4 nitrogen and oxygen atoms in total. The van der Waals surface area contributed by atoms with Crippen LogP contribution in [0.4, 0.5) is 14.5 Å². The molecule has 1 aromatic carbocycles. The third-order valence-electron chi connectivity index (χ3n) is 4.44. The van der Waals surface area contributed by atoms with E-state index in [2.05, 4.69) is 4.99 Å². The summed E-state index contributed by atoms with van der Waals surface area (Å²) in [6.45, 7) is 4.15. The summed E-state index contributed by atoms with van der Waals surface area (Å²) < 4.78 is 35.8. The van der Waals surface area contributed by atoms with Gasteiger partial charge in [0, 0.05) is 23.7 Å². The maximum absolute atomic E-state index is 15.1. The van der Waals surface area contributed by atoms with Gasteiger partial charge in [-0.3, -0.25) is 5.21 Å². The molecule has 2 aliphatic heterocycles. The van der Waals surface area contributed by atoms with Gasteiger partial charge in [0.2, 0.25) is 0 Å². The number of benzene rings is 1. The summed E-state index contributed by atoms with van der Waals surface area (Å²) in [6.07, 6.45) is 4.15. The predicted molar refractivity (Wildman–Crippen MR) is 92.8 cm³/mol. The summed E-state index contributed by atoms with van der Waals surface area (Å²) in [6, 6.07) is 4.66. The molecule has 1 unspecified atom stereocenters. The smallest absolute Gasteiger partial charge is 0.261 e. The zero-order chi connectivity index (χ0) is 18.4. The summed E-state index contributed by atoms with van der Waals surface area (Å²) in [5.41, 5.74) is -1.01. The number of hydrogen-bond acceptors (Lipinski definition) is 4. The van der Waals surface area contributed by atoms with Crippen LogP contribution < -0.4 is 0 Å². The van der Waals surface area contributed by atoms with Gasteiger partial charge in [-0.2, -0.15) is 0 Å². The molecular formula is C18H19ClF2N2O2. The van der Waals surface area contributed by atoms with Gasteiger partial charge in [0.1, 0.15) is 5.41 Å². The number of fused-ring (bicyclic) bond motifs is 2. The molecule has 7 heteroatoms. The SMILES string of the molecule is CC(C)OCC1(C(C)(F)F)C2=CC=CN(O)C2=Nc2ccc(Cl)cc21. The molecule has 0 fully saturated rings. The lowest BCUT2D eigenvalue weighted by molar-refractivity contribution is -0.0881. The maximum atomic E-state index is 15.1. The molecule has 2 aliphatic rings. The van der Waals surface area contributed by atoms with Crippen molar-refractivity contribution in [2.24, 2.45) is 4.99 Å². The number of ether oxygens (including phenoxy) is 1. The molecule has 0 aliphatic carbocycles. The number of hydrogen-bond donors (Lipinski definition) is 1. The average Bonchev–Trinajstić information content (AvgIpc) is 2.51. The van der Waals surface area contributed by atoms with Gasteiger partial charge in [0.05, 0.1) is 18.4 Å². The van der Waals surface area contributed by atoms with E-state index in [1.54, 1.807) is 26.0 Å². The van der Waals surface area contributed by atoms with E-state index < -0.39 is 11.3 Å². The summed E-state index contributed by atoms with van der Waals surface area (Å²) in [4.78, 5) is 4.35. The van der Waals surface area contributed by atoms with Gasteiger partial charge in [-0.25, -0.2) is 18.8 Å². The van der Waals surface area contributed by atoms with Crippen molar-refractivity contribution in [3.63, 3.8) is 0 Å². The van der Waals surface area contributed by atoms with Crippen LogP contribution >= 0.6 is 11.6 Å². The van der Waals surface area contributed by atoms with Crippen molar-refractivity contribution in [1.82, 2.24) is 5.06 Å². The minimum atomic E-state index is -3.19. The Morgan fingerprint density at radius 3 is 2.76 bits per heavy atom. The second-order valence-electron chi connectivity index (χ2n) is 6.52. The van der Waals surface area contributed by atoms with E-state index in [1.165, 1.54) is 24.4 Å². The number of alkyl halides is 2. The lowest BCUT2D eigenvalue weighted by Gasteiger charge is -2.45. The quantitative estimate of drug-likeness (QED) is 0.826. The normalized spacial score (nSPS) is 22.5.